The molecule has 4 heterocycles. The van der Waals surface area contributed by atoms with Gasteiger partial charge in [-0.25, -0.2) is 35.9 Å². The number of amides is 1. The van der Waals surface area contributed by atoms with Crippen molar-refractivity contribution in [3.63, 3.8) is 0 Å². The summed E-state index contributed by atoms with van der Waals surface area (Å²) in [5.74, 6) is -2.39. The normalized spacial score (nSPS) is 15.7. The third-order valence-corrected chi connectivity index (χ3v) is 8.14. The zero-order valence-corrected chi connectivity index (χ0v) is 22.6. The Labute approximate surface area is 237 Å². The summed E-state index contributed by atoms with van der Waals surface area (Å²) in [4.78, 5) is 25.1. The van der Waals surface area contributed by atoms with Gasteiger partial charge in [-0.3, -0.25) is 14.5 Å². The van der Waals surface area contributed by atoms with Crippen LogP contribution in [0.4, 0.5) is 22.3 Å². The average Bonchev–Trinajstić information content (AvgIpc) is 3.06. The van der Waals surface area contributed by atoms with Crippen molar-refractivity contribution in [2.75, 3.05) is 13.7 Å². The number of aromatic nitrogens is 3. The van der Waals surface area contributed by atoms with E-state index < -0.39 is 57.0 Å². The van der Waals surface area contributed by atoms with Crippen molar-refractivity contribution in [1.29, 1.82) is 0 Å². The van der Waals surface area contributed by atoms with Crippen LogP contribution in [0.2, 0.25) is 0 Å². The van der Waals surface area contributed by atoms with Crippen molar-refractivity contribution in [3.8, 4) is 22.9 Å². The van der Waals surface area contributed by atoms with Gasteiger partial charge in [-0.15, -0.1) is 0 Å². The number of sulfone groups is 1. The van der Waals surface area contributed by atoms with Gasteiger partial charge in [0.1, 0.15) is 4.90 Å². The van der Waals surface area contributed by atoms with Crippen molar-refractivity contribution < 1.29 is 46.4 Å². The molecule has 0 saturated heterocycles. The van der Waals surface area contributed by atoms with Crippen LogP contribution in [0.1, 0.15) is 29.6 Å². The largest absolute Gasteiger partial charge is 0.489 e. The molecule has 5 rings (SSSR count). The molecular weight excluding hydrogens is 587 g/mol. The van der Waals surface area contributed by atoms with Crippen LogP contribution in [0.25, 0.3) is 22.2 Å². The molecule has 0 radical (unpaired) electrons. The third kappa shape index (κ3) is 6.10. The van der Waals surface area contributed by atoms with E-state index in [2.05, 4.69) is 20.3 Å². The smallest absolute Gasteiger partial charge is 0.251 e. The zero-order chi connectivity index (χ0) is 29.3. The van der Waals surface area contributed by atoms with Gasteiger partial charge in [0.15, 0.2) is 11.6 Å². The summed E-state index contributed by atoms with van der Waals surface area (Å²) in [7, 11) is -3.17. The number of pyridine rings is 3. The first-order valence-corrected chi connectivity index (χ1v) is 13.8. The molecule has 1 aromatic carbocycles. The Hall–Kier alpha value is -4.40. The summed E-state index contributed by atoms with van der Waals surface area (Å²) in [5, 5.41) is 3.21. The Balaban J connectivity index is 0.00000253. The first-order valence-electron chi connectivity index (χ1n) is 12.3. The fourth-order valence-electron chi connectivity index (χ4n) is 4.28. The maximum atomic E-state index is 14.6. The van der Waals surface area contributed by atoms with E-state index in [-0.39, 0.29) is 36.4 Å². The minimum Gasteiger partial charge on any atom is -0.489 e. The summed E-state index contributed by atoms with van der Waals surface area (Å²) in [6.45, 7) is -0.450. The van der Waals surface area contributed by atoms with Crippen molar-refractivity contribution >= 4 is 26.6 Å². The van der Waals surface area contributed by atoms with Crippen LogP contribution in [-0.2, 0) is 22.8 Å². The highest BCUT2D eigenvalue weighted by Crippen LogP contribution is 2.35. The van der Waals surface area contributed by atoms with Gasteiger partial charge in [0.25, 0.3) is 5.91 Å². The molecule has 3 aromatic heterocycles. The Bertz CT molecular complexity index is 1760. The Morgan fingerprint density at radius 2 is 1.95 bits per heavy atom. The van der Waals surface area contributed by atoms with E-state index in [1.807, 2.05) is 0 Å². The first-order chi connectivity index (χ1) is 19.6. The second-order valence-electron chi connectivity index (χ2n) is 9.08. The number of methoxy groups -OCH3 is 1. The van der Waals surface area contributed by atoms with E-state index in [9.17, 15) is 30.8 Å². The predicted molar refractivity (Wildman–Crippen MR) is 143 cm³/mol. The van der Waals surface area contributed by atoms with Crippen molar-refractivity contribution in [2.45, 2.75) is 36.2 Å². The molecule has 224 valence electrons. The second kappa shape index (κ2) is 12.2. The number of benzene rings is 1. The summed E-state index contributed by atoms with van der Waals surface area (Å²) in [6, 6.07) is 9.82. The van der Waals surface area contributed by atoms with Crippen LogP contribution in [0.15, 0.2) is 53.6 Å². The lowest BCUT2D eigenvalue weighted by Crippen LogP contribution is -2.24. The number of nitrogens with one attached hydrogen (secondary N) is 1. The quantitative estimate of drug-likeness (QED) is 0.295. The minimum absolute atomic E-state index is 0. The zero-order valence-electron chi connectivity index (χ0n) is 21.8. The first kappa shape index (κ1) is 30.6. The van der Waals surface area contributed by atoms with Gasteiger partial charge in [0, 0.05) is 25.0 Å². The molecule has 1 amide bonds. The molecule has 0 bridgehead atoms. The van der Waals surface area contributed by atoms with Crippen molar-refractivity contribution in [1.82, 2.24) is 20.3 Å². The molecule has 0 aliphatic carbocycles. The number of hydrogen-bond acceptors (Lipinski definition) is 8. The monoisotopic (exact) mass is 612 g/mol. The number of carbonyl (C=O) groups is 1. The number of fused-ring (bicyclic) bond motifs is 2. The topological polar surface area (TPSA) is 120 Å². The van der Waals surface area contributed by atoms with E-state index in [4.69, 9.17) is 9.47 Å². The van der Waals surface area contributed by atoms with Gasteiger partial charge in [-0.1, -0.05) is 0 Å². The summed E-state index contributed by atoms with van der Waals surface area (Å²) >= 11 is 0. The average molecular weight is 613 g/mol. The summed E-state index contributed by atoms with van der Waals surface area (Å²) in [6.07, 6.45) is -2.00. The fourth-order valence-corrected chi connectivity index (χ4v) is 5.66. The molecule has 1 aliphatic rings. The number of hydrogen-bond donors (Lipinski definition) is 1. The predicted octanol–water partition coefficient (Wildman–Crippen LogP) is 4.83. The number of ether oxygens (including phenoxy) is 2. The molecule has 42 heavy (non-hydrogen) atoms. The molecule has 0 spiro atoms. The number of alkyl halides is 3. The van der Waals surface area contributed by atoms with Crippen LogP contribution in [-0.4, -0.2) is 54.9 Å². The van der Waals surface area contributed by atoms with Crippen molar-refractivity contribution in [2.24, 2.45) is 0 Å². The lowest BCUT2D eigenvalue weighted by atomic mass is 10.1. The van der Waals surface area contributed by atoms with Crippen LogP contribution in [0.3, 0.4) is 0 Å². The van der Waals surface area contributed by atoms with E-state index in [1.54, 1.807) is 24.3 Å². The van der Waals surface area contributed by atoms with Gasteiger partial charge in [0.2, 0.25) is 27.6 Å². The Morgan fingerprint density at radius 3 is 2.69 bits per heavy atom. The number of halogens is 5. The van der Waals surface area contributed by atoms with E-state index in [0.29, 0.717) is 27.9 Å². The van der Waals surface area contributed by atoms with Gasteiger partial charge >= 0.3 is 0 Å². The maximum absolute atomic E-state index is 14.6. The maximum Gasteiger partial charge on any atom is 0.251 e. The minimum atomic E-state index is -4.55. The standard InChI is InChI=1S/C27H22F4N4O5S.FH.H2/c1-39-27-18(4-3-16(34-27)11-23(29)30)20-5-2-14-12-32-17(10-21(14)35-20)13-33-26(36)15-8-19(28)25-22(9-15)41(37,38)24(31)6-7-40-25;;/h2-5,8-10,12,23-24H,6-7,11,13H2,1H3,(H,33,36);2*1H/t24-;;/m1../s1. The van der Waals surface area contributed by atoms with Crippen LogP contribution in [0.5, 0.6) is 11.6 Å². The SMILES string of the molecule is COc1nc(CC(F)F)ccc1-c1ccc2cnc(CNC(=O)c3cc(F)c4c(c3)S(=O)(=O)[C@@H](F)CCO4)cc2n1.F.[HH]. The number of nitrogens with zero attached hydrogens (tertiary/aromatic N) is 3. The van der Waals surface area contributed by atoms with Gasteiger partial charge in [-0.2, -0.15) is 0 Å². The van der Waals surface area contributed by atoms with E-state index >= 15 is 0 Å². The highest BCUT2D eigenvalue weighted by Gasteiger charge is 2.35. The molecule has 0 fully saturated rings. The molecule has 9 nitrogen and oxygen atoms in total. The summed E-state index contributed by atoms with van der Waals surface area (Å²) < 4.78 is 89.6. The van der Waals surface area contributed by atoms with Gasteiger partial charge in [0.05, 0.1) is 54.8 Å². The third-order valence-electron chi connectivity index (χ3n) is 6.32. The van der Waals surface area contributed by atoms with Crippen molar-refractivity contribution in [3.05, 3.63) is 71.4 Å². The molecule has 0 saturated carbocycles. The van der Waals surface area contributed by atoms with Gasteiger partial charge < -0.3 is 14.8 Å². The highest BCUT2D eigenvalue weighted by atomic mass is 32.2. The van der Waals surface area contributed by atoms with E-state index in [0.717, 1.165) is 12.1 Å². The molecule has 1 atom stereocenters. The molecule has 1 N–H and O–H groups in total. The molecule has 1 aliphatic heterocycles. The Kier molecular flexibility index (Phi) is 8.89. The molecule has 4 aromatic rings. The van der Waals surface area contributed by atoms with Gasteiger partial charge in [-0.05, 0) is 42.5 Å². The Morgan fingerprint density at radius 1 is 1.17 bits per heavy atom. The fraction of sp³-hybridized carbons (Fsp3) is 0.259. The molecular formula is C27H25F5N4O5S. The lowest BCUT2D eigenvalue weighted by molar-refractivity contribution is 0.0949. The second-order valence-corrected chi connectivity index (χ2v) is 11.1. The lowest BCUT2D eigenvalue weighted by Gasteiger charge is -2.12. The van der Waals surface area contributed by atoms with E-state index in [1.165, 1.54) is 19.4 Å². The summed E-state index contributed by atoms with van der Waals surface area (Å²) in [5.41, 5.74) is -0.629. The highest BCUT2D eigenvalue weighted by molar-refractivity contribution is 7.92. The molecule has 15 heteroatoms. The molecule has 0 unspecified atom stereocenters. The number of carbonyl (C=O) groups excluding carboxylic acids is 1. The van der Waals surface area contributed by atoms with Crippen LogP contribution in [0, 0.1) is 5.82 Å². The number of rotatable bonds is 7. The van der Waals surface area contributed by atoms with Crippen LogP contribution < -0.4 is 14.8 Å². The van der Waals surface area contributed by atoms with Crippen LogP contribution >= 0.6 is 0 Å².